The summed E-state index contributed by atoms with van der Waals surface area (Å²) in [6.07, 6.45) is -0.400. The van der Waals surface area contributed by atoms with E-state index >= 15 is 0 Å². The summed E-state index contributed by atoms with van der Waals surface area (Å²) in [4.78, 5) is 11.0. The Bertz CT molecular complexity index is 142. The molecule has 1 amide bonds. The van der Waals surface area contributed by atoms with Gasteiger partial charge in [0.25, 0.3) is 0 Å². The molecule has 66 valence electrons. The topological polar surface area (TPSA) is 29.5 Å². The summed E-state index contributed by atoms with van der Waals surface area (Å²) in [5.41, 5.74) is -0.437. The average Bonchev–Trinajstić information content (AvgIpc) is 1.82. The number of amides is 1. The zero-order valence-electron chi connectivity index (χ0n) is 7.42. The van der Waals surface area contributed by atoms with Crippen molar-refractivity contribution >= 4 is 18.9 Å². The summed E-state index contributed by atoms with van der Waals surface area (Å²) in [5, 5.41) is 0. The van der Waals surface area contributed by atoms with Gasteiger partial charge in [0.1, 0.15) is 5.60 Å². The first-order valence-electron chi connectivity index (χ1n) is 3.56. The van der Waals surface area contributed by atoms with E-state index in [0.717, 1.165) is 0 Å². The van der Waals surface area contributed by atoms with E-state index in [1.807, 2.05) is 27.7 Å². The highest BCUT2D eigenvalue weighted by Gasteiger charge is 2.18. The lowest BCUT2D eigenvalue weighted by Crippen LogP contribution is -2.31. The molecule has 0 fully saturated rings. The van der Waals surface area contributed by atoms with Crippen molar-refractivity contribution in [3.63, 3.8) is 0 Å². The molecule has 0 unspecified atom stereocenters. The van der Waals surface area contributed by atoms with Gasteiger partial charge < -0.3 is 4.74 Å². The van der Waals surface area contributed by atoms with Crippen LogP contribution in [0.3, 0.4) is 0 Å². The van der Waals surface area contributed by atoms with Crippen LogP contribution in [0.15, 0.2) is 0 Å². The summed E-state index contributed by atoms with van der Waals surface area (Å²) >= 11 is 3.90. The van der Waals surface area contributed by atoms with E-state index in [0.29, 0.717) is 6.54 Å². The van der Waals surface area contributed by atoms with Gasteiger partial charge in [-0.3, -0.25) is 4.31 Å². The predicted octanol–water partition coefficient (Wildman–Crippen LogP) is 2.09. The van der Waals surface area contributed by atoms with Gasteiger partial charge in [0.15, 0.2) is 0 Å². The third-order valence-electron chi connectivity index (χ3n) is 0.904. The lowest BCUT2D eigenvalue weighted by Gasteiger charge is -2.22. The molecule has 3 nitrogen and oxygen atoms in total. The average molecular weight is 177 g/mol. The van der Waals surface area contributed by atoms with E-state index in [4.69, 9.17) is 4.74 Å². The SMILES string of the molecule is CCN(S)C(=O)OC(C)(C)C. The number of carbonyl (C=O) groups is 1. The highest BCUT2D eigenvalue weighted by atomic mass is 32.1. The van der Waals surface area contributed by atoms with Gasteiger partial charge in [0, 0.05) is 6.54 Å². The smallest absolute Gasteiger partial charge is 0.420 e. The van der Waals surface area contributed by atoms with E-state index in [9.17, 15) is 4.79 Å². The zero-order chi connectivity index (χ0) is 9.07. The Labute approximate surface area is 73.3 Å². The van der Waals surface area contributed by atoms with E-state index in [1.54, 1.807) is 0 Å². The van der Waals surface area contributed by atoms with Crippen LogP contribution in [0.5, 0.6) is 0 Å². The minimum atomic E-state index is -0.437. The number of hydrogen-bond acceptors (Lipinski definition) is 3. The molecule has 11 heavy (non-hydrogen) atoms. The highest BCUT2D eigenvalue weighted by molar-refractivity contribution is 7.78. The molecule has 0 rings (SSSR count). The van der Waals surface area contributed by atoms with Crippen molar-refractivity contribution in [1.82, 2.24) is 4.31 Å². The van der Waals surface area contributed by atoms with Crippen LogP contribution < -0.4 is 0 Å². The summed E-state index contributed by atoms with van der Waals surface area (Å²) in [6, 6.07) is 0. The molecule has 0 aliphatic rings. The standard InChI is InChI=1S/C7H15NO2S/c1-5-8(11)6(9)10-7(2,3)4/h11H,5H2,1-4H3. The van der Waals surface area contributed by atoms with Crippen molar-refractivity contribution in [1.29, 1.82) is 0 Å². The Morgan fingerprint density at radius 3 is 2.27 bits per heavy atom. The molecule has 4 heteroatoms. The first kappa shape index (κ1) is 10.6. The molecule has 0 aliphatic carbocycles. The highest BCUT2D eigenvalue weighted by Crippen LogP contribution is 2.10. The van der Waals surface area contributed by atoms with Crippen molar-refractivity contribution in [2.45, 2.75) is 33.3 Å². The Kier molecular flexibility index (Phi) is 3.72. The Balaban J connectivity index is 3.88. The molecule has 0 heterocycles. The molecule has 0 spiro atoms. The first-order chi connectivity index (χ1) is 4.87. The number of rotatable bonds is 1. The van der Waals surface area contributed by atoms with Crippen LogP contribution in [-0.2, 0) is 4.74 Å². The Morgan fingerprint density at radius 2 is 2.00 bits per heavy atom. The predicted molar refractivity (Wildman–Crippen MR) is 47.6 cm³/mol. The second kappa shape index (κ2) is 3.85. The molecule has 0 aromatic carbocycles. The Morgan fingerprint density at radius 1 is 1.55 bits per heavy atom. The minimum Gasteiger partial charge on any atom is -0.443 e. The molecule has 0 bridgehead atoms. The number of thiol groups is 1. The van der Waals surface area contributed by atoms with E-state index in [2.05, 4.69) is 12.8 Å². The van der Waals surface area contributed by atoms with Crippen LogP contribution in [0.25, 0.3) is 0 Å². The summed E-state index contributed by atoms with van der Waals surface area (Å²) in [7, 11) is 0. The maximum atomic E-state index is 11.0. The van der Waals surface area contributed by atoms with Gasteiger partial charge in [0.2, 0.25) is 0 Å². The van der Waals surface area contributed by atoms with E-state index < -0.39 is 11.7 Å². The maximum Gasteiger partial charge on any atom is 0.420 e. The number of nitrogens with zero attached hydrogens (tertiary/aromatic N) is 1. The zero-order valence-corrected chi connectivity index (χ0v) is 8.31. The van der Waals surface area contributed by atoms with Crippen molar-refractivity contribution in [2.24, 2.45) is 0 Å². The second-order valence-corrected chi connectivity index (χ2v) is 3.68. The van der Waals surface area contributed by atoms with Crippen molar-refractivity contribution < 1.29 is 9.53 Å². The molecular weight excluding hydrogens is 162 g/mol. The third-order valence-corrected chi connectivity index (χ3v) is 1.35. The van der Waals surface area contributed by atoms with Crippen LogP contribution in [0.2, 0.25) is 0 Å². The van der Waals surface area contributed by atoms with Crippen LogP contribution in [-0.4, -0.2) is 22.5 Å². The van der Waals surface area contributed by atoms with E-state index in [1.165, 1.54) is 4.31 Å². The number of carbonyl (C=O) groups excluding carboxylic acids is 1. The fourth-order valence-electron chi connectivity index (χ4n) is 0.444. The first-order valence-corrected chi connectivity index (χ1v) is 3.96. The van der Waals surface area contributed by atoms with Crippen molar-refractivity contribution in [2.75, 3.05) is 6.54 Å². The van der Waals surface area contributed by atoms with Crippen LogP contribution in [0.1, 0.15) is 27.7 Å². The summed E-state index contributed by atoms with van der Waals surface area (Å²) in [5.74, 6) is 0. The van der Waals surface area contributed by atoms with Crippen molar-refractivity contribution in [3.8, 4) is 0 Å². The van der Waals surface area contributed by atoms with E-state index in [-0.39, 0.29) is 0 Å². The normalized spacial score (nSPS) is 11.0. The maximum absolute atomic E-state index is 11.0. The lowest BCUT2D eigenvalue weighted by atomic mass is 10.2. The summed E-state index contributed by atoms with van der Waals surface area (Å²) < 4.78 is 6.23. The van der Waals surface area contributed by atoms with Crippen LogP contribution in [0.4, 0.5) is 4.79 Å². The minimum absolute atomic E-state index is 0.400. The molecule has 0 N–H and O–H groups in total. The van der Waals surface area contributed by atoms with Gasteiger partial charge in [-0.25, -0.2) is 4.79 Å². The van der Waals surface area contributed by atoms with Gasteiger partial charge in [-0.1, -0.05) is 12.8 Å². The van der Waals surface area contributed by atoms with Gasteiger partial charge in [-0.15, -0.1) is 0 Å². The van der Waals surface area contributed by atoms with Crippen LogP contribution in [0, 0.1) is 0 Å². The van der Waals surface area contributed by atoms with Gasteiger partial charge in [-0.2, -0.15) is 0 Å². The fourth-order valence-corrected chi connectivity index (χ4v) is 0.485. The largest absolute Gasteiger partial charge is 0.443 e. The second-order valence-electron chi connectivity index (χ2n) is 3.20. The lowest BCUT2D eigenvalue weighted by molar-refractivity contribution is 0.0414. The van der Waals surface area contributed by atoms with Gasteiger partial charge in [-0.05, 0) is 27.7 Å². The van der Waals surface area contributed by atoms with Gasteiger partial charge in [0.05, 0.1) is 0 Å². The molecule has 0 radical (unpaired) electrons. The Hall–Kier alpha value is -0.380. The summed E-state index contributed by atoms with van der Waals surface area (Å²) in [6.45, 7) is 7.83. The molecule has 0 saturated carbocycles. The quantitative estimate of drug-likeness (QED) is 0.621. The van der Waals surface area contributed by atoms with Gasteiger partial charge >= 0.3 is 6.09 Å². The molecule has 0 aliphatic heterocycles. The number of ether oxygens (including phenoxy) is 1. The van der Waals surface area contributed by atoms with Crippen molar-refractivity contribution in [3.05, 3.63) is 0 Å². The van der Waals surface area contributed by atoms with Crippen LogP contribution >= 0.6 is 12.8 Å². The molecular formula is C7H15NO2S. The molecule has 0 saturated heterocycles. The fraction of sp³-hybridized carbons (Fsp3) is 0.857. The molecule has 0 aromatic rings. The molecule has 0 aromatic heterocycles. The molecule has 0 atom stereocenters. The third kappa shape index (κ3) is 4.95. The number of hydrogen-bond donors (Lipinski definition) is 1. The monoisotopic (exact) mass is 177 g/mol.